The minimum Gasteiger partial charge on any atom is -0.280 e. The Morgan fingerprint density at radius 1 is 0.793 bits per heavy atom. The van der Waals surface area contributed by atoms with Gasteiger partial charge in [-0.2, -0.15) is 26.3 Å². The number of benzene rings is 2. The van der Waals surface area contributed by atoms with E-state index >= 15 is 0 Å². The van der Waals surface area contributed by atoms with Crippen molar-refractivity contribution in [2.45, 2.75) is 49.9 Å². The molecule has 29 heavy (non-hydrogen) atoms. The molecule has 0 amide bonds. The highest BCUT2D eigenvalue weighted by Crippen LogP contribution is 2.38. The fourth-order valence-electron chi connectivity index (χ4n) is 2.52. The van der Waals surface area contributed by atoms with Gasteiger partial charge in [-0.05, 0) is 47.7 Å². The lowest BCUT2D eigenvalue weighted by molar-refractivity contribution is -0.143. The van der Waals surface area contributed by atoms with E-state index in [1.807, 2.05) is 20.8 Å². The standard InChI is InChI=1S/C19H19F6NO2S/c1-4-17(2,3)12-5-7-16(8-6-12)29(27,28)26-15-10-13(18(20,21)22)9-14(11-15)19(23,24)25/h5-11,26H,4H2,1-3H3. The average Bonchev–Trinajstić information content (AvgIpc) is 2.59. The number of anilines is 1. The number of nitrogens with one attached hydrogen (secondary N) is 1. The van der Waals surface area contributed by atoms with Crippen molar-refractivity contribution in [3.63, 3.8) is 0 Å². The molecule has 2 aromatic rings. The number of sulfonamides is 1. The second kappa shape index (κ2) is 7.55. The van der Waals surface area contributed by atoms with Crippen LogP contribution in [0.25, 0.3) is 0 Å². The molecule has 2 rings (SSSR count). The van der Waals surface area contributed by atoms with Crippen molar-refractivity contribution in [3.8, 4) is 0 Å². The van der Waals surface area contributed by atoms with Gasteiger partial charge in [0.2, 0.25) is 0 Å². The zero-order chi connectivity index (χ0) is 22.3. The molecule has 0 radical (unpaired) electrons. The molecule has 1 N–H and O–H groups in total. The monoisotopic (exact) mass is 439 g/mol. The normalized spacial score (nSPS) is 13.4. The fraction of sp³-hybridized carbons (Fsp3) is 0.368. The van der Waals surface area contributed by atoms with Crippen LogP contribution in [0.1, 0.15) is 43.9 Å². The molecule has 0 fully saturated rings. The van der Waals surface area contributed by atoms with E-state index in [-0.39, 0.29) is 16.4 Å². The topological polar surface area (TPSA) is 46.2 Å². The summed E-state index contributed by atoms with van der Waals surface area (Å²) in [5, 5.41) is 0. The van der Waals surface area contributed by atoms with Crippen LogP contribution in [0, 0.1) is 0 Å². The van der Waals surface area contributed by atoms with E-state index in [0.717, 1.165) is 12.0 Å². The maximum absolute atomic E-state index is 12.9. The van der Waals surface area contributed by atoms with E-state index in [1.54, 1.807) is 16.9 Å². The number of hydrogen-bond donors (Lipinski definition) is 1. The van der Waals surface area contributed by atoms with Crippen molar-refractivity contribution in [2.24, 2.45) is 0 Å². The molecule has 0 atom stereocenters. The SMILES string of the molecule is CCC(C)(C)c1ccc(S(=O)(=O)Nc2cc(C(F)(F)F)cc(C(F)(F)F)c2)cc1. The second-order valence-electron chi connectivity index (χ2n) is 7.16. The summed E-state index contributed by atoms with van der Waals surface area (Å²) in [6, 6.07) is 6.21. The van der Waals surface area contributed by atoms with Crippen molar-refractivity contribution in [2.75, 3.05) is 4.72 Å². The van der Waals surface area contributed by atoms with Crippen LogP contribution in [0.3, 0.4) is 0 Å². The number of halogens is 6. The van der Waals surface area contributed by atoms with Crippen molar-refractivity contribution < 1.29 is 34.8 Å². The summed E-state index contributed by atoms with van der Waals surface area (Å²) in [5.74, 6) is 0. The van der Waals surface area contributed by atoms with E-state index in [4.69, 9.17) is 0 Å². The minimum absolute atomic E-state index is 0.0700. The maximum Gasteiger partial charge on any atom is 0.416 e. The highest BCUT2D eigenvalue weighted by molar-refractivity contribution is 7.92. The Labute approximate surface area is 164 Å². The van der Waals surface area contributed by atoms with Gasteiger partial charge in [-0.3, -0.25) is 4.72 Å². The van der Waals surface area contributed by atoms with Gasteiger partial charge in [-0.1, -0.05) is 32.9 Å². The van der Waals surface area contributed by atoms with Crippen LogP contribution >= 0.6 is 0 Å². The third kappa shape index (κ3) is 5.43. The summed E-state index contributed by atoms with van der Waals surface area (Å²) in [7, 11) is -4.39. The molecule has 3 nitrogen and oxygen atoms in total. The molecule has 0 spiro atoms. The van der Waals surface area contributed by atoms with Crippen LogP contribution in [-0.4, -0.2) is 8.42 Å². The predicted octanol–water partition coefficient (Wildman–Crippen LogP) is 6.21. The molecule has 0 aliphatic heterocycles. The van der Waals surface area contributed by atoms with Crippen LogP contribution < -0.4 is 4.72 Å². The lowest BCUT2D eigenvalue weighted by atomic mass is 9.82. The van der Waals surface area contributed by atoms with Gasteiger partial charge in [-0.15, -0.1) is 0 Å². The largest absolute Gasteiger partial charge is 0.416 e. The van der Waals surface area contributed by atoms with E-state index < -0.39 is 39.2 Å². The zero-order valence-electron chi connectivity index (χ0n) is 15.7. The third-order valence-electron chi connectivity index (χ3n) is 4.67. The fourth-order valence-corrected chi connectivity index (χ4v) is 3.56. The lowest BCUT2D eigenvalue weighted by Gasteiger charge is -2.23. The molecular weight excluding hydrogens is 420 g/mol. The second-order valence-corrected chi connectivity index (χ2v) is 8.84. The summed E-state index contributed by atoms with van der Waals surface area (Å²) < 4.78 is 104. The van der Waals surface area contributed by atoms with E-state index in [2.05, 4.69) is 0 Å². The third-order valence-corrected chi connectivity index (χ3v) is 6.07. The lowest BCUT2D eigenvalue weighted by Crippen LogP contribution is -2.18. The Hall–Kier alpha value is -2.23. The first-order chi connectivity index (χ1) is 13.1. The Balaban J connectivity index is 2.44. The quantitative estimate of drug-likeness (QED) is 0.563. The molecule has 10 heteroatoms. The first-order valence-electron chi connectivity index (χ1n) is 8.49. The van der Waals surface area contributed by atoms with Crippen LogP contribution in [0.15, 0.2) is 47.4 Å². The Bertz CT molecular complexity index is 945. The average molecular weight is 439 g/mol. The highest BCUT2D eigenvalue weighted by Gasteiger charge is 2.37. The Kier molecular flexibility index (Phi) is 6.00. The molecule has 0 aromatic heterocycles. The van der Waals surface area contributed by atoms with E-state index in [9.17, 15) is 34.8 Å². The molecule has 160 valence electrons. The zero-order valence-corrected chi connectivity index (χ0v) is 16.6. The molecule has 2 aromatic carbocycles. The molecule has 0 aliphatic rings. The van der Waals surface area contributed by atoms with Gasteiger partial charge in [0.05, 0.1) is 21.7 Å². The first kappa shape index (κ1) is 23.1. The molecule has 0 bridgehead atoms. The predicted molar refractivity (Wildman–Crippen MR) is 97.0 cm³/mol. The molecule has 0 saturated heterocycles. The Morgan fingerprint density at radius 2 is 1.24 bits per heavy atom. The summed E-state index contributed by atoms with van der Waals surface area (Å²) in [4.78, 5) is -0.279. The summed E-state index contributed by atoms with van der Waals surface area (Å²) in [6.45, 7) is 5.87. The number of rotatable bonds is 5. The van der Waals surface area contributed by atoms with Crippen LogP contribution in [0.5, 0.6) is 0 Å². The molecule has 0 saturated carbocycles. The summed E-state index contributed by atoms with van der Waals surface area (Å²) >= 11 is 0. The molecular formula is C19H19F6NO2S. The maximum atomic E-state index is 12.9. The van der Waals surface area contributed by atoms with Crippen LogP contribution in [0.2, 0.25) is 0 Å². The highest BCUT2D eigenvalue weighted by atomic mass is 32.2. The van der Waals surface area contributed by atoms with Crippen molar-refractivity contribution in [1.29, 1.82) is 0 Å². The van der Waals surface area contributed by atoms with Crippen molar-refractivity contribution >= 4 is 15.7 Å². The van der Waals surface area contributed by atoms with Gasteiger partial charge in [0.15, 0.2) is 0 Å². The van der Waals surface area contributed by atoms with Crippen LogP contribution in [-0.2, 0) is 27.8 Å². The first-order valence-corrected chi connectivity index (χ1v) is 9.97. The number of hydrogen-bond acceptors (Lipinski definition) is 2. The minimum atomic E-state index is -5.07. The van der Waals surface area contributed by atoms with Gasteiger partial charge < -0.3 is 0 Å². The van der Waals surface area contributed by atoms with Crippen molar-refractivity contribution in [1.82, 2.24) is 0 Å². The van der Waals surface area contributed by atoms with Gasteiger partial charge in [0.1, 0.15) is 0 Å². The Morgan fingerprint density at radius 3 is 1.62 bits per heavy atom. The van der Waals surface area contributed by atoms with Crippen molar-refractivity contribution in [3.05, 3.63) is 59.2 Å². The summed E-state index contributed by atoms with van der Waals surface area (Å²) in [6.07, 6.45) is -9.37. The van der Waals surface area contributed by atoms with Gasteiger partial charge in [0.25, 0.3) is 10.0 Å². The van der Waals surface area contributed by atoms with Crippen LogP contribution in [0.4, 0.5) is 32.0 Å². The summed E-state index contributed by atoms with van der Waals surface area (Å²) in [5.41, 5.74) is -3.42. The number of alkyl halides is 6. The van der Waals surface area contributed by atoms with E-state index in [0.29, 0.717) is 12.1 Å². The molecule has 0 heterocycles. The van der Waals surface area contributed by atoms with E-state index in [1.165, 1.54) is 12.1 Å². The molecule has 0 aliphatic carbocycles. The smallest absolute Gasteiger partial charge is 0.280 e. The van der Waals surface area contributed by atoms with Gasteiger partial charge in [0, 0.05) is 0 Å². The van der Waals surface area contributed by atoms with Gasteiger partial charge in [-0.25, -0.2) is 8.42 Å². The molecule has 0 unspecified atom stereocenters. The van der Waals surface area contributed by atoms with Gasteiger partial charge >= 0.3 is 12.4 Å².